The number of fused-ring (bicyclic) bond motifs is 1. The molecule has 0 spiro atoms. The number of ether oxygens (including phenoxy) is 1. The van der Waals surface area contributed by atoms with Crippen molar-refractivity contribution in [2.75, 3.05) is 5.32 Å². The summed E-state index contributed by atoms with van der Waals surface area (Å²) >= 11 is 0. The number of anilines is 1. The highest BCUT2D eigenvalue weighted by molar-refractivity contribution is 5.58. The highest BCUT2D eigenvalue weighted by atomic mass is 19.1. The van der Waals surface area contributed by atoms with Crippen LogP contribution in [0.3, 0.4) is 0 Å². The lowest BCUT2D eigenvalue weighted by Crippen LogP contribution is -2.08. The van der Waals surface area contributed by atoms with E-state index in [1.807, 2.05) is 54.8 Å². The molecular weight excluding hydrogens is 398 g/mol. The molecule has 3 N–H and O–H groups in total. The van der Waals surface area contributed by atoms with Crippen molar-refractivity contribution in [3.05, 3.63) is 94.4 Å². The van der Waals surface area contributed by atoms with E-state index in [0.717, 1.165) is 28.2 Å². The number of nitrogens with one attached hydrogen (secondary N) is 1. The fourth-order valence-electron chi connectivity index (χ4n) is 3.59. The third-order valence-corrected chi connectivity index (χ3v) is 5.24. The second-order valence-corrected chi connectivity index (χ2v) is 7.42. The first-order valence-corrected chi connectivity index (χ1v) is 10.0. The van der Waals surface area contributed by atoms with E-state index in [1.54, 1.807) is 0 Å². The maximum Gasteiger partial charge on any atom is 0.180 e. The van der Waals surface area contributed by atoms with E-state index in [-0.39, 0.29) is 12.2 Å². The molecule has 0 unspecified atom stereocenters. The van der Waals surface area contributed by atoms with E-state index in [9.17, 15) is 8.78 Å². The van der Waals surface area contributed by atoms with Gasteiger partial charge in [0.1, 0.15) is 18.2 Å². The molecular formula is C24H24F2N4O. The van der Waals surface area contributed by atoms with Crippen LogP contribution in [-0.4, -0.2) is 9.38 Å². The first-order valence-electron chi connectivity index (χ1n) is 10.0. The molecule has 0 aliphatic carbocycles. The Morgan fingerprint density at radius 3 is 2.55 bits per heavy atom. The van der Waals surface area contributed by atoms with Crippen molar-refractivity contribution in [2.45, 2.75) is 33.5 Å². The molecule has 2 heterocycles. The number of imidazole rings is 1. The van der Waals surface area contributed by atoms with Crippen LogP contribution in [0.5, 0.6) is 5.75 Å². The number of hydrogen-bond acceptors (Lipinski definition) is 4. The summed E-state index contributed by atoms with van der Waals surface area (Å²) in [5, 5.41) is 3.43. The number of aryl methyl sites for hydroxylation is 2. The molecule has 31 heavy (non-hydrogen) atoms. The summed E-state index contributed by atoms with van der Waals surface area (Å²) in [6.07, 6.45) is 1.97. The summed E-state index contributed by atoms with van der Waals surface area (Å²) in [6, 6.07) is 13.5. The summed E-state index contributed by atoms with van der Waals surface area (Å²) in [7, 11) is 0. The molecule has 0 aliphatic rings. The van der Waals surface area contributed by atoms with Crippen molar-refractivity contribution >= 4 is 11.3 Å². The minimum absolute atomic E-state index is 0.106. The van der Waals surface area contributed by atoms with Gasteiger partial charge in [-0.15, -0.1) is 0 Å². The number of pyridine rings is 1. The Hall–Kier alpha value is -3.45. The molecule has 0 radical (unpaired) electrons. The smallest absolute Gasteiger partial charge is 0.180 e. The van der Waals surface area contributed by atoms with Gasteiger partial charge in [-0.25, -0.2) is 13.8 Å². The Morgan fingerprint density at radius 1 is 1.06 bits per heavy atom. The zero-order valence-corrected chi connectivity index (χ0v) is 17.5. The van der Waals surface area contributed by atoms with Crippen LogP contribution >= 0.6 is 0 Å². The van der Waals surface area contributed by atoms with Crippen LogP contribution in [-0.2, 0) is 19.7 Å². The normalized spacial score (nSPS) is 11.1. The molecule has 0 amide bonds. The predicted octanol–water partition coefficient (Wildman–Crippen LogP) is 4.88. The van der Waals surface area contributed by atoms with Crippen LogP contribution in [0, 0.1) is 25.5 Å². The lowest BCUT2D eigenvalue weighted by atomic mass is 10.1. The average molecular weight is 422 g/mol. The van der Waals surface area contributed by atoms with Crippen LogP contribution < -0.4 is 15.8 Å². The zero-order valence-electron chi connectivity index (χ0n) is 17.5. The minimum Gasteiger partial charge on any atom is -0.485 e. The number of nitrogens with two attached hydrogens (primary N) is 1. The van der Waals surface area contributed by atoms with Gasteiger partial charge < -0.3 is 15.8 Å². The van der Waals surface area contributed by atoms with Crippen molar-refractivity contribution in [3.8, 4) is 5.75 Å². The predicted molar refractivity (Wildman–Crippen MR) is 117 cm³/mol. The van der Waals surface area contributed by atoms with E-state index >= 15 is 0 Å². The molecule has 4 rings (SSSR count). The Labute approximate surface area is 179 Å². The minimum atomic E-state index is -0.633. The summed E-state index contributed by atoms with van der Waals surface area (Å²) in [6.45, 7) is 4.62. The molecule has 0 saturated heterocycles. The SMILES string of the molecule is Cc1cc(OCc2c(F)cccc2F)c2nc(C)c(CNc3ccccc3CN)n2c1. The van der Waals surface area contributed by atoms with Crippen LogP contribution in [0.15, 0.2) is 54.7 Å². The molecule has 0 fully saturated rings. The number of para-hydroxylation sites is 1. The largest absolute Gasteiger partial charge is 0.485 e. The fourth-order valence-corrected chi connectivity index (χ4v) is 3.59. The van der Waals surface area contributed by atoms with Crippen molar-refractivity contribution in [3.63, 3.8) is 0 Å². The quantitative estimate of drug-likeness (QED) is 0.446. The van der Waals surface area contributed by atoms with E-state index in [2.05, 4.69) is 10.3 Å². The van der Waals surface area contributed by atoms with E-state index < -0.39 is 11.6 Å². The lowest BCUT2D eigenvalue weighted by molar-refractivity contribution is 0.294. The second kappa shape index (κ2) is 8.73. The van der Waals surface area contributed by atoms with Gasteiger partial charge in [0.15, 0.2) is 11.4 Å². The van der Waals surface area contributed by atoms with Crippen LogP contribution in [0.1, 0.15) is 28.1 Å². The van der Waals surface area contributed by atoms with Crippen molar-refractivity contribution in [1.82, 2.24) is 9.38 Å². The number of halogens is 2. The van der Waals surface area contributed by atoms with Gasteiger partial charge in [-0.2, -0.15) is 0 Å². The molecule has 2 aromatic carbocycles. The number of benzene rings is 2. The molecule has 0 saturated carbocycles. The molecule has 0 atom stereocenters. The molecule has 5 nitrogen and oxygen atoms in total. The Morgan fingerprint density at radius 2 is 1.81 bits per heavy atom. The maximum atomic E-state index is 14.0. The summed E-state index contributed by atoms with van der Waals surface area (Å²) in [5.41, 5.74) is 11.1. The van der Waals surface area contributed by atoms with Gasteiger partial charge in [-0.1, -0.05) is 24.3 Å². The van der Waals surface area contributed by atoms with Gasteiger partial charge in [0.25, 0.3) is 0 Å². The van der Waals surface area contributed by atoms with Gasteiger partial charge >= 0.3 is 0 Å². The number of aromatic nitrogens is 2. The summed E-state index contributed by atoms with van der Waals surface area (Å²) in [4.78, 5) is 4.65. The number of rotatable bonds is 7. The molecule has 7 heteroatoms. The van der Waals surface area contributed by atoms with Crippen molar-refractivity contribution < 1.29 is 13.5 Å². The van der Waals surface area contributed by atoms with E-state index in [0.29, 0.717) is 24.5 Å². The maximum absolute atomic E-state index is 14.0. The Balaban J connectivity index is 1.63. The Bertz CT molecular complexity index is 1220. The molecule has 160 valence electrons. The third kappa shape index (κ3) is 4.22. The van der Waals surface area contributed by atoms with Crippen molar-refractivity contribution in [1.29, 1.82) is 0 Å². The molecule has 2 aromatic heterocycles. The zero-order chi connectivity index (χ0) is 22.0. The monoisotopic (exact) mass is 422 g/mol. The van der Waals surface area contributed by atoms with E-state index in [4.69, 9.17) is 10.5 Å². The number of hydrogen-bond donors (Lipinski definition) is 2. The van der Waals surface area contributed by atoms with E-state index in [1.165, 1.54) is 18.2 Å². The first-order chi connectivity index (χ1) is 15.0. The topological polar surface area (TPSA) is 64.6 Å². The van der Waals surface area contributed by atoms with Crippen molar-refractivity contribution in [2.24, 2.45) is 5.73 Å². The summed E-state index contributed by atoms with van der Waals surface area (Å²) in [5.74, 6) is -0.794. The molecule has 0 aliphatic heterocycles. The lowest BCUT2D eigenvalue weighted by Gasteiger charge is -2.13. The van der Waals surface area contributed by atoms with Gasteiger partial charge in [-0.3, -0.25) is 4.40 Å². The highest BCUT2D eigenvalue weighted by Gasteiger charge is 2.16. The van der Waals surface area contributed by atoms with Gasteiger partial charge in [0.05, 0.1) is 23.5 Å². The molecule has 4 aromatic rings. The fraction of sp³-hybridized carbons (Fsp3) is 0.208. The second-order valence-electron chi connectivity index (χ2n) is 7.42. The highest BCUT2D eigenvalue weighted by Crippen LogP contribution is 2.26. The molecule has 0 bridgehead atoms. The van der Waals surface area contributed by atoms with Gasteiger partial charge in [0, 0.05) is 18.4 Å². The number of nitrogens with zero attached hydrogens (tertiary/aromatic N) is 2. The third-order valence-electron chi connectivity index (χ3n) is 5.24. The first kappa shape index (κ1) is 20.8. The Kier molecular flexibility index (Phi) is 5.86. The van der Waals surface area contributed by atoms with Crippen LogP contribution in [0.25, 0.3) is 5.65 Å². The van der Waals surface area contributed by atoms with Crippen LogP contribution in [0.4, 0.5) is 14.5 Å². The van der Waals surface area contributed by atoms with Crippen LogP contribution in [0.2, 0.25) is 0 Å². The van der Waals surface area contributed by atoms with Gasteiger partial charge in [0.2, 0.25) is 0 Å². The standard InChI is InChI=1S/C24H24F2N4O/c1-15-10-23(31-14-18-19(25)7-5-8-20(18)26)24-29-16(2)22(30(24)13-15)12-28-21-9-4-3-6-17(21)11-27/h3-10,13,28H,11-12,14,27H2,1-2H3. The average Bonchev–Trinajstić information content (AvgIpc) is 3.07. The summed E-state index contributed by atoms with van der Waals surface area (Å²) < 4.78 is 35.7. The van der Waals surface area contributed by atoms with Gasteiger partial charge in [-0.05, 0) is 49.2 Å².